The summed E-state index contributed by atoms with van der Waals surface area (Å²) < 4.78 is 0. The number of thiol groups is 1. The van der Waals surface area contributed by atoms with E-state index in [0.717, 1.165) is 17.9 Å². The van der Waals surface area contributed by atoms with Crippen LogP contribution in [0.3, 0.4) is 0 Å². The molecule has 0 aliphatic heterocycles. The Morgan fingerprint density at radius 3 is 3.09 bits per heavy atom. The monoisotopic (exact) mass is 171 g/mol. The number of aromatic amines is 1. The highest BCUT2D eigenvalue weighted by Gasteiger charge is 2.04. The van der Waals surface area contributed by atoms with E-state index in [1.807, 2.05) is 13.1 Å². The summed E-state index contributed by atoms with van der Waals surface area (Å²) in [5.74, 6) is 0.843. The van der Waals surface area contributed by atoms with Gasteiger partial charge in [0.1, 0.15) is 0 Å². The standard InChI is InChI=1S/C7H13N3S/c1-8-7(5-11)4-6-2-3-9-10-6/h2-3,7-8,11H,4-5H2,1H3,(H,9,10). The van der Waals surface area contributed by atoms with Crippen LogP contribution in [0.2, 0.25) is 0 Å². The fourth-order valence-corrected chi connectivity index (χ4v) is 1.23. The van der Waals surface area contributed by atoms with Gasteiger partial charge < -0.3 is 5.32 Å². The molecule has 0 saturated carbocycles. The Hall–Kier alpha value is -0.480. The first kappa shape index (κ1) is 8.62. The molecule has 1 aromatic rings. The molecule has 0 bridgehead atoms. The zero-order valence-corrected chi connectivity index (χ0v) is 7.44. The molecule has 4 heteroatoms. The second kappa shape index (κ2) is 4.41. The highest BCUT2D eigenvalue weighted by molar-refractivity contribution is 7.80. The van der Waals surface area contributed by atoms with Gasteiger partial charge in [-0.1, -0.05) is 0 Å². The molecule has 11 heavy (non-hydrogen) atoms. The Balaban J connectivity index is 2.41. The maximum absolute atomic E-state index is 4.21. The number of hydrogen-bond donors (Lipinski definition) is 3. The number of aromatic nitrogens is 2. The largest absolute Gasteiger partial charge is 0.316 e. The van der Waals surface area contributed by atoms with Gasteiger partial charge in [0.2, 0.25) is 0 Å². The molecule has 1 heterocycles. The number of H-pyrrole nitrogens is 1. The summed E-state index contributed by atoms with van der Waals surface area (Å²) in [5.41, 5.74) is 1.15. The normalized spacial score (nSPS) is 13.3. The Bertz CT molecular complexity index is 182. The minimum Gasteiger partial charge on any atom is -0.316 e. The van der Waals surface area contributed by atoms with Gasteiger partial charge in [0.15, 0.2) is 0 Å². The van der Waals surface area contributed by atoms with E-state index in [9.17, 15) is 0 Å². The summed E-state index contributed by atoms with van der Waals surface area (Å²) in [6, 6.07) is 2.41. The molecule has 3 nitrogen and oxygen atoms in total. The van der Waals surface area contributed by atoms with E-state index in [1.54, 1.807) is 6.20 Å². The molecule has 1 rings (SSSR count). The summed E-state index contributed by atoms with van der Waals surface area (Å²) in [6.45, 7) is 0. The second-order valence-electron chi connectivity index (χ2n) is 2.45. The van der Waals surface area contributed by atoms with Gasteiger partial charge in [-0.15, -0.1) is 0 Å². The van der Waals surface area contributed by atoms with Crippen LogP contribution in [0, 0.1) is 0 Å². The van der Waals surface area contributed by atoms with Crippen LogP contribution >= 0.6 is 12.6 Å². The van der Waals surface area contributed by atoms with Crippen LogP contribution in [-0.2, 0) is 6.42 Å². The van der Waals surface area contributed by atoms with Crippen LogP contribution in [0.25, 0.3) is 0 Å². The number of hydrogen-bond acceptors (Lipinski definition) is 3. The van der Waals surface area contributed by atoms with Crippen molar-refractivity contribution in [3.05, 3.63) is 18.0 Å². The van der Waals surface area contributed by atoms with E-state index >= 15 is 0 Å². The van der Waals surface area contributed by atoms with Crippen LogP contribution in [-0.4, -0.2) is 29.0 Å². The zero-order valence-electron chi connectivity index (χ0n) is 6.54. The molecule has 0 fully saturated rings. The predicted octanol–water partition coefficient (Wildman–Crippen LogP) is 0.470. The third-order valence-corrected chi connectivity index (χ3v) is 2.09. The number of likely N-dealkylation sites (N-methyl/N-ethyl adjacent to an activating group) is 1. The van der Waals surface area contributed by atoms with Crippen LogP contribution < -0.4 is 5.32 Å². The third-order valence-electron chi connectivity index (χ3n) is 1.65. The lowest BCUT2D eigenvalue weighted by atomic mass is 10.2. The van der Waals surface area contributed by atoms with E-state index in [0.29, 0.717) is 6.04 Å². The first-order chi connectivity index (χ1) is 5.36. The van der Waals surface area contributed by atoms with Crippen LogP contribution in [0.1, 0.15) is 5.69 Å². The molecule has 0 aliphatic carbocycles. The first-order valence-corrected chi connectivity index (χ1v) is 4.26. The molecule has 0 radical (unpaired) electrons. The Morgan fingerprint density at radius 2 is 2.64 bits per heavy atom. The molecule has 0 amide bonds. The van der Waals surface area contributed by atoms with E-state index in [4.69, 9.17) is 0 Å². The van der Waals surface area contributed by atoms with E-state index < -0.39 is 0 Å². The predicted molar refractivity (Wildman–Crippen MR) is 49.0 cm³/mol. The Labute approximate surface area is 72.0 Å². The van der Waals surface area contributed by atoms with Crippen molar-refractivity contribution in [3.8, 4) is 0 Å². The topological polar surface area (TPSA) is 40.7 Å². The molecule has 0 spiro atoms. The average Bonchev–Trinajstić information content (AvgIpc) is 2.52. The highest BCUT2D eigenvalue weighted by atomic mass is 32.1. The Kier molecular flexibility index (Phi) is 3.45. The zero-order chi connectivity index (χ0) is 8.10. The highest BCUT2D eigenvalue weighted by Crippen LogP contribution is 1.99. The van der Waals surface area contributed by atoms with Crippen molar-refractivity contribution in [1.29, 1.82) is 0 Å². The maximum atomic E-state index is 4.21. The summed E-state index contributed by atoms with van der Waals surface area (Å²) in [4.78, 5) is 0. The molecule has 0 aliphatic rings. The third kappa shape index (κ3) is 2.55. The van der Waals surface area contributed by atoms with Crippen molar-refractivity contribution >= 4 is 12.6 Å². The molecule has 1 aromatic heterocycles. The van der Waals surface area contributed by atoms with Crippen molar-refractivity contribution in [2.75, 3.05) is 12.8 Å². The van der Waals surface area contributed by atoms with Gasteiger partial charge in [0, 0.05) is 30.1 Å². The minimum absolute atomic E-state index is 0.429. The lowest BCUT2D eigenvalue weighted by Gasteiger charge is -2.10. The lowest BCUT2D eigenvalue weighted by Crippen LogP contribution is -2.29. The molecule has 0 saturated heterocycles. The molecule has 1 unspecified atom stereocenters. The average molecular weight is 171 g/mol. The minimum atomic E-state index is 0.429. The van der Waals surface area contributed by atoms with E-state index in [-0.39, 0.29) is 0 Å². The lowest BCUT2D eigenvalue weighted by molar-refractivity contribution is 0.609. The van der Waals surface area contributed by atoms with Crippen molar-refractivity contribution < 1.29 is 0 Å². The molecule has 1 atom stereocenters. The summed E-state index contributed by atoms with van der Waals surface area (Å²) in [7, 11) is 1.94. The van der Waals surface area contributed by atoms with E-state index in [1.165, 1.54) is 0 Å². The summed E-state index contributed by atoms with van der Waals surface area (Å²) >= 11 is 4.21. The first-order valence-electron chi connectivity index (χ1n) is 3.63. The summed E-state index contributed by atoms with van der Waals surface area (Å²) in [5, 5.41) is 9.94. The maximum Gasteiger partial charge on any atom is 0.0490 e. The number of rotatable bonds is 4. The van der Waals surface area contributed by atoms with Crippen molar-refractivity contribution in [2.45, 2.75) is 12.5 Å². The molecule has 62 valence electrons. The van der Waals surface area contributed by atoms with Gasteiger partial charge >= 0.3 is 0 Å². The molecule has 0 aromatic carbocycles. The number of nitrogens with one attached hydrogen (secondary N) is 2. The molecular formula is C7H13N3S. The van der Waals surface area contributed by atoms with Crippen LogP contribution in [0.5, 0.6) is 0 Å². The van der Waals surface area contributed by atoms with Crippen molar-refractivity contribution in [3.63, 3.8) is 0 Å². The molecular weight excluding hydrogens is 158 g/mol. The summed E-state index contributed by atoms with van der Waals surface area (Å²) in [6.07, 6.45) is 2.72. The van der Waals surface area contributed by atoms with Crippen molar-refractivity contribution in [1.82, 2.24) is 15.5 Å². The number of nitrogens with zero attached hydrogens (tertiary/aromatic N) is 1. The molecule has 2 N–H and O–H groups in total. The van der Waals surface area contributed by atoms with Gasteiger partial charge in [0.25, 0.3) is 0 Å². The quantitative estimate of drug-likeness (QED) is 0.576. The van der Waals surface area contributed by atoms with Gasteiger partial charge in [0.05, 0.1) is 0 Å². The van der Waals surface area contributed by atoms with E-state index in [2.05, 4.69) is 28.1 Å². The smallest absolute Gasteiger partial charge is 0.0490 e. The SMILES string of the molecule is CNC(CS)Cc1ccn[nH]1. The Morgan fingerprint density at radius 1 is 1.82 bits per heavy atom. The van der Waals surface area contributed by atoms with Gasteiger partial charge in [-0.25, -0.2) is 0 Å². The van der Waals surface area contributed by atoms with Gasteiger partial charge in [-0.2, -0.15) is 17.7 Å². The van der Waals surface area contributed by atoms with Gasteiger partial charge in [-0.05, 0) is 13.1 Å². The van der Waals surface area contributed by atoms with Crippen LogP contribution in [0.15, 0.2) is 12.3 Å². The van der Waals surface area contributed by atoms with Gasteiger partial charge in [-0.3, -0.25) is 5.10 Å². The second-order valence-corrected chi connectivity index (χ2v) is 2.82. The van der Waals surface area contributed by atoms with Crippen LogP contribution in [0.4, 0.5) is 0 Å². The fourth-order valence-electron chi connectivity index (χ4n) is 0.922. The van der Waals surface area contributed by atoms with Crippen molar-refractivity contribution in [2.24, 2.45) is 0 Å². The fraction of sp³-hybridized carbons (Fsp3) is 0.571.